The van der Waals surface area contributed by atoms with Crippen molar-refractivity contribution in [3.8, 4) is 0 Å². The number of nitrogens with one attached hydrogen (secondary N) is 1. The fourth-order valence-electron chi connectivity index (χ4n) is 4.62. The van der Waals surface area contributed by atoms with E-state index in [-0.39, 0.29) is 52.8 Å². The molecule has 1 atom stereocenters. The van der Waals surface area contributed by atoms with Crippen LogP contribution in [0.15, 0.2) is 41.0 Å². The Balaban J connectivity index is 2.09. The smallest absolute Gasteiger partial charge is 0.341 e. The SMILES string of the molecule is CCOC(=O)C1=C(N)OC2=C(C(=O)CC(C)(C)C2)C12C(=O)Nc1ccc([N+](=O)[O-])cc12. The molecule has 1 unspecified atom stereocenters. The van der Waals surface area contributed by atoms with Gasteiger partial charge in [0.1, 0.15) is 16.7 Å². The first-order chi connectivity index (χ1) is 14.5. The highest BCUT2D eigenvalue weighted by Gasteiger charge is 2.63. The maximum atomic E-state index is 13.5. The number of hydrogen-bond acceptors (Lipinski definition) is 8. The number of ether oxygens (including phenoxy) is 2. The molecule has 0 bridgehead atoms. The molecule has 10 heteroatoms. The molecule has 0 saturated heterocycles. The van der Waals surface area contributed by atoms with Crippen LogP contribution in [-0.2, 0) is 29.3 Å². The normalized spacial score (nSPS) is 23.8. The molecule has 1 aliphatic carbocycles. The third kappa shape index (κ3) is 2.82. The molecule has 1 aromatic carbocycles. The second-order valence-corrected chi connectivity index (χ2v) is 8.49. The van der Waals surface area contributed by atoms with Crippen molar-refractivity contribution in [2.24, 2.45) is 11.1 Å². The maximum Gasteiger partial charge on any atom is 0.341 e. The summed E-state index contributed by atoms with van der Waals surface area (Å²) in [5.41, 5.74) is 3.35. The summed E-state index contributed by atoms with van der Waals surface area (Å²) in [5.74, 6) is -2.22. The van der Waals surface area contributed by atoms with Gasteiger partial charge < -0.3 is 20.5 Å². The minimum absolute atomic E-state index is 0.0119. The topological polar surface area (TPSA) is 151 Å². The lowest BCUT2D eigenvalue weighted by Gasteiger charge is -2.41. The average molecular weight is 427 g/mol. The number of nitrogens with two attached hydrogens (primary N) is 1. The number of Topliss-reactive ketones (excluding diaryl/α,β-unsaturated/α-hetero) is 1. The van der Waals surface area contributed by atoms with E-state index in [0.717, 1.165) is 0 Å². The Kier molecular flexibility index (Phi) is 4.42. The molecule has 3 aliphatic rings. The number of allylic oxidation sites excluding steroid dienone is 1. The van der Waals surface area contributed by atoms with Crippen molar-refractivity contribution < 1.29 is 28.8 Å². The fourth-order valence-corrected chi connectivity index (χ4v) is 4.62. The summed E-state index contributed by atoms with van der Waals surface area (Å²) in [7, 11) is 0. The summed E-state index contributed by atoms with van der Waals surface area (Å²) in [4.78, 5) is 50.6. The van der Waals surface area contributed by atoms with E-state index in [2.05, 4.69) is 5.32 Å². The van der Waals surface area contributed by atoms with Gasteiger partial charge in [-0.3, -0.25) is 19.7 Å². The highest BCUT2D eigenvalue weighted by molar-refractivity contribution is 6.22. The number of hydrogen-bond donors (Lipinski definition) is 2. The van der Waals surface area contributed by atoms with Crippen LogP contribution in [-0.4, -0.2) is 29.2 Å². The van der Waals surface area contributed by atoms with Gasteiger partial charge in [0.15, 0.2) is 5.78 Å². The van der Waals surface area contributed by atoms with E-state index in [0.29, 0.717) is 6.42 Å². The molecule has 0 fully saturated rings. The van der Waals surface area contributed by atoms with Gasteiger partial charge in [-0.25, -0.2) is 4.79 Å². The van der Waals surface area contributed by atoms with Gasteiger partial charge in [-0.05, 0) is 18.4 Å². The van der Waals surface area contributed by atoms with Gasteiger partial charge in [-0.1, -0.05) is 13.8 Å². The lowest BCUT2D eigenvalue weighted by atomic mass is 9.62. The Morgan fingerprint density at radius 3 is 2.68 bits per heavy atom. The highest BCUT2D eigenvalue weighted by Crippen LogP contribution is 2.56. The number of carbonyl (C=O) groups is 3. The van der Waals surface area contributed by atoms with Crippen LogP contribution in [0.2, 0.25) is 0 Å². The summed E-state index contributed by atoms with van der Waals surface area (Å²) in [5, 5.41) is 14.1. The molecule has 10 nitrogen and oxygen atoms in total. The van der Waals surface area contributed by atoms with Crippen LogP contribution >= 0.6 is 0 Å². The average Bonchev–Trinajstić information content (AvgIpc) is 2.92. The number of nitrogens with zero attached hydrogens (tertiary/aromatic N) is 1. The van der Waals surface area contributed by atoms with Gasteiger partial charge in [-0.2, -0.15) is 0 Å². The molecule has 0 saturated carbocycles. The molecule has 4 rings (SSSR count). The van der Waals surface area contributed by atoms with Gasteiger partial charge >= 0.3 is 5.97 Å². The number of non-ortho nitro benzene ring substituents is 1. The predicted octanol–water partition coefficient (Wildman–Crippen LogP) is 2.19. The summed E-state index contributed by atoms with van der Waals surface area (Å²) in [6, 6.07) is 3.78. The fraction of sp³-hybridized carbons (Fsp3) is 0.381. The number of fused-ring (bicyclic) bond motifs is 3. The van der Waals surface area contributed by atoms with E-state index >= 15 is 0 Å². The molecule has 1 amide bonds. The maximum absolute atomic E-state index is 13.5. The van der Waals surface area contributed by atoms with E-state index < -0.39 is 33.4 Å². The van der Waals surface area contributed by atoms with E-state index in [4.69, 9.17) is 15.2 Å². The molecular formula is C21H21N3O7. The van der Waals surface area contributed by atoms with Crippen LogP contribution in [0.25, 0.3) is 0 Å². The second kappa shape index (κ2) is 6.66. The van der Waals surface area contributed by atoms with Gasteiger partial charge in [0.05, 0.1) is 17.1 Å². The number of nitro benzene ring substituents is 1. The van der Waals surface area contributed by atoms with Crippen molar-refractivity contribution in [1.82, 2.24) is 0 Å². The van der Waals surface area contributed by atoms with Gasteiger partial charge in [0.25, 0.3) is 5.69 Å². The van der Waals surface area contributed by atoms with Crippen LogP contribution in [0.5, 0.6) is 0 Å². The van der Waals surface area contributed by atoms with Crippen molar-refractivity contribution in [2.45, 2.75) is 39.0 Å². The van der Waals surface area contributed by atoms with Crippen LogP contribution in [0.4, 0.5) is 11.4 Å². The number of ketones is 1. The first kappa shape index (κ1) is 20.6. The van der Waals surface area contributed by atoms with Gasteiger partial charge in [-0.15, -0.1) is 0 Å². The van der Waals surface area contributed by atoms with Crippen LogP contribution in [0.1, 0.15) is 39.2 Å². The molecule has 2 heterocycles. The number of benzene rings is 1. The first-order valence-corrected chi connectivity index (χ1v) is 9.75. The number of carbonyl (C=O) groups excluding carboxylic acids is 3. The lowest BCUT2D eigenvalue weighted by molar-refractivity contribution is -0.384. The largest absolute Gasteiger partial charge is 0.462 e. The number of nitro groups is 1. The van der Waals surface area contributed by atoms with E-state index in [1.54, 1.807) is 6.92 Å². The lowest BCUT2D eigenvalue weighted by Crippen LogP contribution is -2.50. The monoisotopic (exact) mass is 427 g/mol. The third-order valence-corrected chi connectivity index (χ3v) is 5.75. The molecule has 2 aliphatic heterocycles. The molecule has 1 spiro atoms. The number of amides is 1. The quantitative estimate of drug-likeness (QED) is 0.423. The summed E-state index contributed by atoms with van der Waals surface area (Å²) < 4.78 is 10.8. The molecular weight excluding hydrogens is 406 g/mol. The van der Waals surface area contributed by atoms with Gasteiger partial charge in [0.2, 0.25) is 11.8 Å². The molecule has 162 valence electrons. The molecule has 3 N–H and O–H groups in total. The summed E-state index contributed by atoms with van der Waals surface area (Å²) >= 11 is 0. The molecule has 0 radical (unpaired) electrons. The van der Waals surface area contributed by atoms with Crippen molar-refractivity contribution in [2.75, 3.05) is 11.9 Å². The summed E-state index contributed by atoms with van der Waals surface area (Å²) in [6.45, 7) is 5.32. The van der Waals surface area contributed by atoms with E-state index in [9.17, 15) is 24.5 Å². The van der Waals surface area contributed by atoms with Crippen LogP contribution in [0.3, 0.4) is 0 Å². The molecule has 0 aromatic heterocycles. The standard InChI is InChI=1S/C21H21N3O7/c1-4-30-18(26)16-17(22)31-14-9-20(2,3)8-13(25)15(14)21(16)11-7-10(24(28)29)5-6-12(11)23-19(21)27/h5-7H,4,8-9,22H2,1-3H3,(H,23,27). The predicted molar refractivity (Wildman–Crippen MR) is 107 cm³/mol. The molecule has 1 aromatic rings. The van der Waals surface area contributed by atoms with Crippen LogP contribution in [0, 0.1) is 15.5 Å². The molecule has 31 heavy (non-hydrogen) atoms. The van der Waals surface area contributed by atoms with Crippen molar-refractivity contribution in [3.63, 3.8) is 0 Å². The number of esters is 1. The Labute approximate surface area is 177 Å². The van der Waals surface area contributed by atoms with Crippen molar-refractivity contribution in [1.29, 1.82) is 0 Å². The van der Waals surface area contributed by atoms with Crippen molar-refractivity contribution in [3.05, 3.63) is 56.7 Å². The van der Waals surface area contributed by atoms with E-state index in [1.807, 2.05) is 13.8 Å². The number of anilines is 1. The third-order valence-electron chi connectivity index (χ3n) is 5.75. The minimum atomic E-state index is -1.99. The van der Waals surface area contributed by atoms with Crippen molar-refractivity contribution >= 4 is 29.0 Å². The Bertz CT molecular complexity index is 1130. The second-order valence-electron chi connectivity index (χ2n) is 8.49. The van der Waals surface area contributed by atoms with Gasteiger partial charge in [0, 0.05) is 36.2 Å². The minimum Gasteiger partial charge on any atom is -0.462 e. The van der Waals surface area contributed by atoms with E-state index in [1.165, 1.54) is 18.2 Å². The zero-order valence-corrected chi connectivity index (χ0v) is 17.2. The Morgan fingerprint density at radius 2 is 2.03 bits per heavy atom. The summed E-state index contributed by atoms with van der Waals surface area (Å²) in [6.07, 6.45) is 0.397. The zero-order valence-electron chi connectivity index (χ0n) is 17.2. The zero-order chi connectivity index (χ0) is 22.7. The first-order valence-electron chi connectivity index (χ1n) is 9.75. The Morgan fingerprint density at radius 1 is 1.32 bits per heavy atom. The number of rotatable bonds is 3. The van der Waals surface area contributed by atoms with Crippen LogP contribution < -0.4 is 11.1 Å². The Hall–Kier alpha value is -3.69. The highest BCUT2D eigenvalue weighted by atomic mass is 16.6.